The van der Waals surface area contributed by atoms with E-state index in [2.05, 4.69) is 76.9 Å². The summed E-state index contributed by atoms with van der Waals surface area (Å²) in [6, 6.07) is 9.04. The Balaban J connectivity index is 0.00000200. The van der Waals surface area contributed by atoms with Crippen molar-refractivity contribution >= 4 is 25.0 Å². The van der Waals surface area contributed by atoms with Crippen molar-refractivity contribution in [1.29, 1.82) is 0 Å². The van der Waals surface area contributed by atoms with Crippen molar-refractivity contribution in [2.24, 2.45) is 0 Å². The molecule has 21 heavy (non-hydrogen) atoms. The van der Waals surface area contributed by atoms with E-state index in [-0.39, 0.29) is 24.8 Å². The van der Waals surface area contributed by atoms with E-state index in [0.29, 0.717) is 0 Å². The average molecular weight is 392 g/mol. The van der Waals surface area contributed by atoms with Gasteiger partial charge in [-0.25, -0.2) is 0 Å². The summed E-state index contributed by atoms with van der Waals surface area (Å²) in [6.07, 6.45) is 7.09. The zero-order chi connectivity index (χ0) is 13.9. The minimum Gasteiger partial charge on any atom is -1.00 e. The molecular weight excluding hydrogens is 371 g/mol. The number of thioether (sulfide) groups is 1. The Labute approximate surface area is 158 Å². The summed E-state index contributed by atoms with van der Waals surface area (Å²) in [4.78, 5) is 1.50. The van der Waals surface area contributed by atoms with Crippen LogP contribution in [0.2, 0.25) is 13.1 Å². The third-order valence-corrected chi connectivity index (χ3v) is 9.82. The van der Waals surface area contributed by atoms with Gasteiger partial charge in [0.25, 0.3) is 0 Å². The molecule has 1 aromatic rings. The van der Waals surface area contributed by atoms with Crippen LogP contribution < -0.4 is 30.0 Å². The molecule has 0 aromatic heterocycles. The van der Waals surface area contributed by atoms with Crippen LogP contribution in [-0.2, 0) is 20.4 Å². The molecule has 0 spiro atoms. The van der Waals surface area contributed by atoms with E-state index in [4.69, 9.17) is 0 Å². The number of rotatable bonds is 5. The van der Waals surface area contributed by atoms with Crippen LogP contribution in [0.3, 0.4) is 0 Å². The second kappa shape index (κ2) is 9.64. The third-order valence-electron chi connectivity index (χ3n) is 3.63. The molecule has 0 amide bonds. The minimum atomic E-state index is -1.53. The van der Waals surface area contributed by atoms with Crippen LogP contribution >= 0.6 is 11.8 Å². The van der Waals surface area contributed by atoms with Gasteiger partial charge in [0, 0.05) is 0 Å². The second-order valence-corrected chi connectivity index (χ2v) is 11.9. The van der Waals surface area contributed by atoms with Gasteiger partial charge < -0.3 is 24.8 Å². The summed E-state index contributed by atoms with van der Waals surface area (Å²) in [6.45, 7) is 7.24. The van der Waals surface area contributed by atoms with Gasteiger partial charge in [0.05, 0.1) is 0 Å². The van der Waals surface area contributed by atoms with Gasteiger partial charge in [-0.1, -0.05) is 0 Å². The van der Waals surface area contributed by atoms with Crippen LogP contribution in [0.15, 0.2) is 50.4 Å². The Hall–Kier alpha value is 0.561. The molecule has 0 fully saturated rings. The smallest absolute Gasteiger partial charge is 1.00 e. The maximum Gasteiger partial charge on any atom is -1.00 e. The molecule has 0 saturated heterocycles. The van der Waals surface area contributed by atoms with E-state index >= 15 is 0 Å². The predicted molar refractivity (Wildman–Crippen MR) is 85.4 cm³/mol. The van der Waals surface area contributed by atoms with E-state index in [1.807, 2.05) is 11.8 Å². The standard InChI is InChI=1S/C16H21SSi.2ClH.Ti/c1-4-13-17-15-11-7-8-12-16(15)18(2,3)14-9-5-6-10-14;;;/h5,7-9,11-12H,4,6,13H2,1-3H3;2*1H;/q;;;+2/p-2. The van der Waals surface area contributed by atoms with Crippen LogP contribution in [0.4, 0.5) is 0 Å². The van der Waals surface area contributed by atoms with Crippen LogP contribution in [-0.4, -0.2) is 13.8 Å². The Morgan fingerprint density at radius 1 is 1.19 bits per heavy atom. The van der Waals surface area contributed by atoms with Crippen molar-refractivity contribution in [3.8, 4) is 0 Å². The third kappa shape index (κ3) is 5.02. The van der Waals surface area contributed by atoms with E-state index in [0.717, 1.165) is 6.42 Å². The first-order valence-electron chi connectivity index (χ1n) is 6.91. The second-order valence-electron chi connectivity index (χ2n) is 5.47. The fraction of sp³-hybridized carbons (Fsp3) is 0.375. The SMILES string of the molecule is CCCSc1ccccc1[Si](C)(C)C1=[C]([Ti+2])CC=C1.[Cl-].[Cl-]. The van der Waals surface area contributed by atoms with E-state index in [1.54, 1.807) is 14.3 Å². The van der Waals surface area contributed by atoms with Gasteiger partial charge in [-0.3, -0.25) is 0 Å². The normalized spacial score (nSPS) is 14.0. The molecule has 2 rings (SSSR count). The van der Waals surface area contributed by atoms with Crippen molar-refractivity contribution in [3.63, 3.8) is 0 Å². The predicted octanol–water partition coefficient (Wildman–Crippen LogP) is -1.59. The van der Waals surface area contributed by atoms with Crippen molar-refractivity contribution in [2.75, 3.05) is 5.75 Å². The summed E-state index contributed by atoms with van der Waals surface area (Å²) in [5.74, 6) is 1.22. The van der Waals surface area contributed by atoms with Crippen molar-refractivity contribution < 1.29 is 45.2 Å². The van der Waals surface area contributed by atoms with Gasteiger partial charge in [-0.05, 0) is 0 Å². The van der Waals surface area contributed by atoms with Gasteiger partial charge in [-0.15, -0.1) is 0 Å². The Morgan fingerprint density at radius 2 is 1.86 bits per heavy atom. The maximum absolute atomic E-state index is 2.49. The first kappa shape index (κ1) is 21.6. The molecule has 1 aromatic carbocycles. The zero-order valence-corrected chi connectivity index (χ0v) is 17.6. The molecule has 113 valence electrons. The number of allylic oxidation sites excluding steroid dienone is 4. The van der Waals surface area contributed by atoms with E-state index < -0.39 is 8.07 Å². The minimum absolute atomic E-state index is 0. The summed E-state index contributed by atoms with van der Waals surface area (Å²) in [7, 11) is -1.53. The Morgan fingerprint density at radius 3 is 2.43 bits per heavy atom. The molecule has 0 heterocycles. The Bertz CT molecular complexity index is 527. The van der Waals surface area contributed by atoms with E-state index in [1.165, 1.54) is 17.1 Å². The van der Waals surface area contributed by atoms with Crippen LogP contribution in [0.25, 0.3) is 0 Å². The van der Waals surface area contributed by atoms with Crippen LogP contribution in [0, 0.1) is 0 Å². The van der Waals surface area contributed by atoms with Gasteiger partial charge >= 0.3 is 134 Å². The maximum atomic E-state index is 2.49. The first-order valence-corrected chi connectivity index (χ1v) is 11.7. The monoisotopic (exact) mass is 391 g/mol. The van der Waals surface area contributed by atoms with Gasteiger partial charge in [0.1, 0.15) is 0 Å². The molecule has 0 aliphatic heterocycles. The van der Waals surface area contributed by atoms with Crippen LogP contribution in [0.5, 0.6) is 0 Å². The molecule has 0 atom stereocenters. The summed E-state index contributed by atoms with van der Waals surface area (Å²) in [5, 5.41) is 3.24. The summed E-state index contributed by atoms with van der Waals surface area (Å²) < 4.78 is 1.58. The number of halogens is 2. The Kier molecular flexibility index (Phi) is 9.90. The molecule has 1 aliphatic rings. The molecule has 1 aliphatic carbocycles. The molecule has 5 heteroatoms. The van der Waals surface area contributed by atoms with Crippen molar-refractivity contribution in [1.82, 2.24) is 0 Å². The molecule has 0 unspecified atom stereocenters. The number of benzene rings is 1. The first-order chi connectivity index (χ1) is 9.07. The van der Waals surface area contributed by atoms with Crippen molar-refractivity contribution in [2.45, 2.75) is 37.8 Å². The quantitative estimate of drug-likeness (QED) is 0.431. The van der Waals surface area contributed by atoms with Gasteiger partial charge in [-0.2, -0.15) is 0 Å². The molecular formula is C16H21Cl2SSiTi. The van der Waals surface area contributed by atoms with Gasteiger partial charge in [0.2, 0.25) is 0 Å². The molecule has 0 saturated carbocycles. The molecule has 0 radical (unpaired) electrons. The zero-order valence-electron chi connectivity index (χ0n) is 12.7. The van der Waals surface area contributed by atoms with Gasteiger partial charge in [0.15, 0.2) is 0 Å². The van der Waals surface area contributed by atoms with Crippen LogP contribution in [0.1, 0.15) is 19.8 Å². The largest absolute Gasteiger partial charge is 1.00 e. The molecule has 0 N–H and O–H groups in total. The fourth-order valence-electron chi connectivity index (χ4n) is 2.56. The topological polar surface area (TPSA) is 0 Å². The summed E-state index contributed by atoms with van der Waals surface area (Å²) in [5.41, 5.74) is 0. The summed E-state index contributed by atoms with van der Waals surface area (Å²) >= 11 is 4.32. The number of hydrogen-bond acceptors (Lipinski definition) is 1. The molecule has 0 bridgehead atoms. The van der Waals surface area contributed by atoms with Crippen molar-refractivity contribution in [3.05, 3.63) is 45.5 Å². The fourth-order valence-corrected chi connectivity index (χ4v) is 9.03. The van der Waals surface area contributed by atoms with E-state index in [9.17, 15) is 0 Å². The molecule has 0 nitrogen and oxygen atoms in total. The average Bonchev–Trinajstić information content (AvgIpc) is 2.83. The number of hydrogen-bond donors (Lipinski definition) is 0.